The number of amides is 1. The van der Waals surface area contributed by atoms with Crippen molar-refractivity contribution in [2.45, 2.75) is 12.1 Å². The van der Waals surface area contributed by atoms with E-state index in [-0.39, 0.29) is 5.91 Å². The molecule has 0 aliphatic rings. The second kappa shape index (κ2) is 7.84. The number of halogens is 1. The standard InChI is InChI=1S/C18H17BrN4OS/c1-3-22(16-8-7-14(19)12-21-16)17(24)13-5-4-6-15(11-13)23-10-9-20-18(23)25-2/h4-12H,3H2,1-2H3. The van der Waals surface area contributed by atoms with Crippen molar-refractivity contribution >= 4 is 39.4 Å². The molecule has 0 bridgehead atoms. The zero-order chi connectivity index (χ0) is 17.8. The summed E-state index contributed by atoms with van der Waals surface area (Å²) in [5, 5.41) is 0.881. The predicted molar refractivity (Wildman–Crippen MR) is 105 cm³/mol. The summed E-state index contributed by atoms with van der Waals surface area (Å²) < 4.78 is 2.85. The first-order chi connectivity index (χ1) is 12.1. The SMILES string of the molecule is CCN(C(=O)c1cccc(-n2ccnc2SC)c1)c1ccc(Br)cn1. The van der Waals surface area contributed by atoms with E-state index in [1.54, 1.807) is 29.1 Å². The molecule has 0 saturated heterocycles. The molecule has 128 valence electrons. The molecule has 0 fully saturated rings. The summed E-state index contributed by atoms with van der Waals surface area (Å²) in [6.07, 6.45) is 7.32. The van der Waals surface area contributed by atoms with Crippen LogP contribution in [0.5, 0.6) is 0 Å². The number of rotatable bonds is 5. The molecule has 0 N–H and O–H groups in total. The molecular weight excluding hydrogens is 400 g/mol. The van der Waals surface area contributed by atoms with Crippen LogP contribution in [0, 0.1) is 0 Å². The van der Waals surface area contributed by atoms with Crippen LogP contribution in [-0.2, 0) is 0 Å². The van der Waals surface area contributed by atoms with E-state index in [1.807, 2.05) is 60.3 Å². The summed E-state index contributed by atoms with van der Waals surface area (Å²) in [5.74, 6) is 0.554. The lowest BCUT2D eigenvalue weighted by Crippen LogP contribution is -2.31. The zero-order valence-electron chi connectivity index (χ0n) is 13.9. The lowest BCUT2D eigenvalue weighted by atomic mass is 10.1. The van der Waals surface area contributed by atoms with E-state index in [1.165, 1.54) is 0 Å². The molecule has 7 heteroatoms. The van der Waals surface area contributed by atoms with Gasteiger partial charge in [0.1, 0.15) is 5.82 Å². The quantitative estimate of drug-likeness (QED) is 0.577. The Hall–Kier alpha value is -2.12. The second-order valence-electron chi connectivity index (χ2n) is 5.22. The van der Waals surface area contributed by atoms with Crippen LogP contribution in [0.2, 0.25) is 0 Å². The minimum Gasteiger partial charge on any atom is -0.295 e. The third-order valence-electron chi connectivity index (χ3n) is 3.71. The Balaban J connectivity index is 1.94. The van der Waals surface area contributed by atoms with Crippen molar-refractivity contribution in [2.24, 2.45) is 0 Å². The predicted octanol–water partition coefficient (Wildman–Crippen LogP) is 4.42. The van der Waals surface area contributed by atoms with Gasteiger partial charge in [-0.2, -0.15) is 0 Å². The Morgan fingerprint density at radius 1 is 1.28 bits per heavy atom. The lowest BCUT2D eigenvalue weighted by molar-refractivity contribution is 0.0987. The van der Waals surface area contributed by atoms with Gasteiger partial charge in [0.15, 0.2) is 5.16 Å². The first kappa shape index (κ1) is 17.7. The van der Waals surface area contributed by atoms with Crippen LogP contribution in [0.4, 0.5) is 5.82 Å². The summed E-state index contributed by atoms with van der Waals surface area (Å²) in [6.45, 7) is 2.48. The van der Waals surface area contributed by atoms with E-state index in [9.17, 15) is 4.79 Å². The number of imidazole rings is 1. The molecule has 25 heavy (non-hydrogen) atoms. The topological polar surface area (TPSA) is 51.0 Å². The summed E-state index contributed by atoms with van der Waals surface area (Å²) in [7, 11) is 0. The minimum absolute atomic E-state index is 0.0787. The molecule has 1 amide bonds. The van der Waals surface area contributed by atoms with E-state index in [2.05, 4.69) is 25.9 Å². The van der Waals surface area contributed by atoms with Gasteiger partial charge < -0.3 is 0 Å². The average molecular weight is 417 g/mol. The van der Waals surface area contributed by atoms with E-state index < -0.39 is 0 Å². The number of thioether (sulfide) groups is 1. The average Bonchev–Trinajstić information content (AvgIpc) is 3.12. The molecule has 0 unspecified atom stereocenters. The molecule has 0 atom stereocenters. The molecule has 3 rings (SSSR count). The van der Waals surface area contributed by atoms with Crippen molar-refractivity contribution in [3.8, 4) is 5.69 Å². The fourth-order valence-electron chi connectivity index (χ4n) is 2.52. The summed E-state index contributed by atoms with van der Waals surface area (Å²) in [4.78, 5) is 23.3. The largest absolute Gasteiger partial charge is 0.295 e. The van der Waals surface area contributed by atoms with Gasteiger partial charge in [-0.25, -0.2) is 9.97 Å². The maximum Gasteiger partial charge on any atom is 0.259 e. The van der Waals surface area contributed by atoms with Crippen LogP contribution >= 0.6 is 27.7 Å². The zero-order valence-corrected chi connectivity index (χ0v) is 16.3. The summed E-state index contributed by atoms with van der Waals surface area (Å²) in [5.41, 5.74) is 1.53. The minimum atomic E-state index is -0.0787. The summed E-state index contributed by atoms with van der Waals surface area (Å²) in [6, 6.07) is 11.3. The third kappa shape index (κ3) is 3.77. The Bertz CT molecular complexity index is 879. The Labute approximate surface area is 159 Å². The normalized spacial score (nSPS) is 10.7. The van der Waals surface area contributed by atoms with Crippen molar-refractivity contribution in [2.75, 3.05) is 17.7 Å². The van der Waals surface area contributed by atoms with Crippen molar-refractivity contribution in [3.05, 3.63) is 65.0 Å². The molecule has 0 saturated carbocycles. The lowest BCUT2D eigenvalue weighted by Gasteiger charge is -2.20. The molecular formula is C18H17BrN4OS. The van der Waals surface area contributed by atoms with Crippen LogP contribution in [0.3, 0.4) is 0 Å². The molecule has 2 heterocycles. The van der Waals surface area contributed by atoms with Crippen LogP contribution in [0.15, 0.2) is 64.6 Å². The van der Waals surface area contributed by atoms with Crippen LogP contribution < -0.4 is 4.90 Å². The van der Waals surface area contributed by atoms with Gasteiger partial charge in [-0.05, 0) is 59.4 Å². The number of carbonyl (C=O) groups excluding carboxylic acids is 1. The van der Waals surface area contributed by atoms with Gasteiger partial charge in [0, 0.05) is 40.9 Å². The van der Waals surface area contributed by atoms with E-state index in [0.717, 1.165) is 15.3 Å². The third-order valence-corrected chi connectivity index (χ3v) is 4.85. The van der Waals surface area contributed by atoms with Gasteiger partial charge in [-0.1, -0.05) is 17.8 Å². The van der Waals surface area contributed by atoms with E-state index in [4.69, 9.17) is 0 Å². The molecule has 0 spiro atoms. The van der Waals surface area contributed by atoms with Crippen molar-refractivity contribution < 1.29 is 4.79 Å². The number of carbonyl (C=O) groups is 1. The van der Waals surface area contributed by atoms with Gasteiger partial charge in [0.05, 0.1) is 0 Å². The number of hydrogen-bond donors (Lipinski definition) is 0. The highest BCUT2D eigenvalue weighted by Gasteiger charge is 2.18. The molecule has 0 aliphatic carbocycles. The monoisotopic (exact) mass is 416 g/mol. The number of anilines is 1. The first-order valence-electron chi connectivity index (χ1n) is 7.75. The Morgan fingerprint density at radius 2 is 2.12 bits per heavy atom. The number of aromatic nitrogens is 3. The van der Waals surface area contributed by atoms with Crippen LogP contribution in [0.25, 0.3) is 5.69 Å². The van der Waals surface area contributed by atoms with Gasteiger partial charge in [0.25, 0.3) is 5.91 Å². The van der Waals surface area contributed by atoms with Gasteiger partial charge in [-0.15, -0.1) is 0 Å². The van der Waals surface area contributed by atoms with E-state index in [0.29, 0.717) is 17.9 Å². The first-order valence-corrected chi connectivity index (χ1v) is 9.77. The Kier molecular flexibility index (Phi) is 5.55. The molecule has 1 aromatic carbocycles. The van der Waals surface area contributed by atoms with E-state index >= 15 is 0 Å². The number of nitrogens with zero attached hydrogens (tertiary/aromatic N) is 4. The van der Waals surface area contributed by atoms with Gasteiger partial charge in [0.2, 0.25) is 0 Å². The second-order valence-corrected chi connectivity index (χ2v) is 6.91. The molecule has 5 nitrogen and oxygen atoms in total. The fourth-order valence-corrected chi connectivity index (χ4v) is 3.28. The summed E-state index contributed by atoms with van der Waals surface area (Å²) >= 11 is 4.93. The highest BCUT2D eigenvalue weighted by Crippen LogP contribution is 2.21. The molecule has 0 radical (unpaired) electrons. The highest BCUT2D eigenvalue weighted by molar-refractivity contribution is 9.10. The fraction of sp³-hybridized carbons (Fsp3) is 0.167. The molecule has 0 aliphatic heterocycles. The maximum absolute atomic E-state index is 13.0. The maximum atomic E-state index is 13.0. The van der Waals surface area contributed by atoms with Crippen molar-refractivity contribution in [3.63, 3.8) is 0 Å². The number of pyridine rings is 1. The highest BCUT2D eigenvalue weighted by atomic mass is 79.9. The van der Waals surface area contributed by atoms with Crippen LogP contribution in [0.1, 0.15) is 17.3 Å². The van der Waals surface area contributed by atoms with Crippen molar-refractivity contribution in [1.82, 2.24) is 14.5 Å². The smallest absolute Gasteiger partial charge is 0.259 e. The van der Waals surface area contributed by atoms with Gasteiger partial charge >= 0.3 is 0 Å². The number of hydrogen-bond acceptors (Lipinski definition) is 4. The number of benzene rings is 1. The van der Waals surface area contributed by atoms with Gasteiger partial charge in [-0.3, -0.25) is 14.3 Å². The molecule has 2 aromatic heterocycles. The Morgan fingerprint density at radius 3 is 2.80 bits per heavy atom. The van der Waals surface area contributed by atoms with Crippen LogP contribution in [-0.4, -0.2) is 33.2 Å². The molecule has 3 aromatic rings. The van der Waals surface area contributed by atoms with Crippen molar-refractivity contribution in [1.29, 1.82) is 0 Å².